The molecule has 2 heterocycles. The third kappa shape index (κ3) is 4.17. The molecule has 2 rings (SSSR count). The number of halogens is 2. The maximum absolute atomic E-state index is 13.2. The number of ether oxygens (including phenoxy) is 1. The number of esters is 1. The highest BCUT2D eigenvalue weighted by Crippen LogP contribution is 2.33. The minimum atomic E-state index is -0.857. The number of rotatable bonds is 8. The highest BCUT2D eigenvalue weighted by Gasteiger charge is 2.36. The number of nitrogens with zero attached hydrogens (tertiary/aromatic N) is 2. The number of alkyl halides is 1. The van der Waals surface area contributed by atoms with Crippen molar-refractivity contribution < 1.29 is 18.7 Å². The van der Waals surface area contributed by atoms with Crippen LogP contribution in [-0.4, -0.2) is 34.8 Å². The Morgan fingerprint density at radius 3 is 2.77 bits per heavy atom. The molecule has 7 nitrogen and oxygen atoms in total. The number of hydrogen-bond acceptors (Lipinski definition) is 4. The number of allylic oxidation sites excluding steroid dienone is 1. The normalized spacial score (nSPS) is 17.1. The van der Waals surface area contributed by atoms with Gasteiger partial charge in [-0.3, -0.25) is 0 Å². The Bertz CT molecular complexity index is 717. The summed E-state index contributed by atoms with van der Waals surface area (Å²) in [6.45, 7) is 4.97. The van der Waals surface area contributed by atoms with Crippen molar-refractivity contribution in [3.63, 3.8) is 0 Å². The number of imidazole rings is 1. The predicted molar refractivity (Wildman–Crippen MR) is 95.6 cm³/mol. The predicted octanol–water partition coefficient (Wildman–Crippen LogP) is 3.04. The van der Waals surface area contributed by atoms with Gasteiger partial charge in [0.25, 0.3) is 0 Å². The molecule has 0 saturated heterocycles. The zero-order chi connectivity index (χ0) is 19.3. The van der Waals surface area contributed by atoms with Crippen LogP contribution in [0, 0.1) is 0 Å². The fraction of sp³-hybridized carbons (Fsp3) is 0.588. The van der Waals surface area contributed by atoms with Crippen LogP contribution in [0.4, 0.5) is 9.18 Å². The van der Waals surface area contributed by atoms with Crippen molar-refractivity contribution >= 4 is 23.6 Å². The van der Waals surface area contributed by atoms with E-state index in [0.29, 0.717) is 23.6 Å². The van der Waals surface area contributed by atoms with Crippen LogP contribution in [-0.2, 0) is 22.5 Å². The number of unbranched alkanes of at least 4 members (excludes halogenated alkanes) is 1. The van der Waals surface area contributed by atoms with Crippen molar-refractivity contribution in [3.05, 3.63) is 27.9 Å². The van der Waals surface area contributed by atoms with Crippen molar-refractivity contribution in [1.82, 2.24) is 20.2 Å². The minimum absolute atomic E-state index is 0.0447. The van der Waals surface area contributed by atoms with Gasteiger partial charge in [-0.25, -0.2) is 19.0 Å². The molecule has 0 aromatic carbocycles. The van der Waals surface area contributed by atoms with Crippen LogP contribution in [0.3, 0.4) is 0 Å². The van der Waals surface area contributed by atoms with Crippen molar-refractivity contribution in [2.45, 2.75) is 52.6 Å². The first-order valence-electron chi connectivity index (χ1n) is 8.70. The molecular weight excluding hydrogens is 363 g/mol. The first-order chi connectivity index (χ1) is 12.4. The van der Waals surface area contributed by atoms with Gasteiger partial charge in [0.05, 0.1) is 24.4 Å². The first-order valence-corrected chi connectivity index (χ1v) is 9.08. The highest BCUT2D eigenvalue weighted by atomic mass is 35.5. The van der Waals surface area contributed by atoms with Gasteiger partial charge in [-0.2, -0.15) is 0 Å². The van der Waals surface area contributed by atoms with E-state index in [2.05, 4.69) is 15.6 Å². The number of hydrogen-bond donors (Lipinski definition) is 2. The number of nitrogens with one attached hydrogen (secondary N) is 2. The zero-order valence-corrected chi connectivity index (χ0v) is 16.0. The van der Waals surface area contributed by atoms with E-state index >= 15 is 0 Å². The quantitative estimate of drug-likeness (QED) is 0.672. The number of carbonyl (C=O) groups is 2. The Morgan fingerprint density at radius 2 is 2.15 bits per heavy atom. The summed E-state index contributed by atoms with van der Waals surface area (Å²) in [6, 6.07) is -1.33. The van der Waals surface area contributed by atoms with Gasteiger partial charge in [0.2, 0.25) is 0 Å². The third-order valence-corrected chi connectivity index (χ3v) is 4.42. The van der Waals surface area contributed by atoms with E-state index in [0.717, 1.165) is 12.8 Å². The number of carbonyl (C=O) groups excluding carboxylic acids is 2. The molecule has 144 valence electrons. The van der Waals surface area contributed by atoms with E-state index in [1.165, 1.54) is 0 Å². The van der Waals surface area contributed by atoms with Gasteiger partial charge in [0.1, 0.15) is 18.5 Å². The summed E-state index contributed by atoms with van der Waals surface area (Å²) in [4.78, 5) is 28.8. The summed E-state index contributed by atoms with van der Waals surface area (Å²) in [5.74, 6) is 0.0693. The number of aromatic nitrogens is 2. The average molecular weight is 387 g/mol. The standard InChI is InChI=1S/C17H24ClFN4O3/c1-4-6-7-11-21-15(18)14(23(11)9-8-19)13-12(16(24)26-5-2)10(3)20-17(25)22-13/h13H,4-9H2,1-3H3,(H2,20,22,25). The maximum atomic E-state index is 13.2. The summed E-state index contributed by atoms with van der Waals surface area (Å²) in [6.07, 6.45) is 2.45. The minimum Gasteiger partial charge on any atom is -0.463 e. The number of urea groups is 1. The summed E-state index contributed by atoms with van der Waals surface area (Å²) in [5, 5.41) is 5.39. The summed E-state index contributed by atoms with van der Waals surface area (Å²) in [7, 11) is 0. The summed E-state index contributed by atoms with van der Waals surface area (Å²) >= 11 is 6.34. The van der Waals surface area contributed by atoms with E-state index in [-0.39, 0.29) is 23.9 Å². The Labute approximate surface area is 156 Å². The second kappa shape index (κ2) is 9.02. The van der Waals surface area contributed by atoms with Gasteiger partial charge >= 0.3 is 12.0 Å². The zero-order valence-electron chi connectivity index (χ0n) is 15.2. The summed E-state index contributed by atoms with van der Waals surface area (Å²) < 4.78 is 19.9. The van der Waals surface area contributed by atoms with E-state index in [1.54, 1.807) is 18.4 Å². The SMILES string of the molecule is CCCCc1nc(Cl)c(C2NC(=O)NC(C)=C2C(=O)OCC)n1CCF. The van der Waals surface area contributed by atoms with Crippen LogP contribution in [0.25, 0.3) is 0 Å². The van der Waals surface area contributed by atoms with Gasteiger partial charge in [-0.1, -0.05) is 24.9 Å². The summed E-state index contributed by atoms with van der Waals surface area (Å²) in [5.41, 5.74) is 0.999. The molecule has 0 spiro atoms. The molecule has 0 radical (unpaired) electrons. The smallest absolute Gasteiger partial charge is 0.338 e. The molecule has 1 aromatic heterocycles. The topological polar surface area (TPSA) is 85.2 Å². The van der Waals surface area contributed by atoms with Crippen LogP contribution in [0.2, 0.25) is 5.15 Å². The Morgan fingerprint density at radius 1 is 1.42 bits per heavy atom. The Kier molecular flexibility index (Phi) is 7.02. The maximum Gasteiger partial charge on any atom is 0.338 e. The van der Waals surface area contributed by atoms with Crippen LogP contribution < -0.4 is 10.6 Å². The van der Waals surface area contributed by atoms with E-state index in [9.17, 15) is 14.0 Å². The van der Waals surface area contributed by atoms with E-state index < -0.39 is 24.7 Å². The highest BCUT2D eigenvalue weighted by molar-refractivity contribution is 6.30. The van der Waals surface area contributed by atoms with Gasteiger partial charge in [0, 0.05) is 12.1 Å². The number of aryl methyl sites for hydroxylation is 1. The van der Waals surface area contributed by atoms with Crippen LogP contribution in [0.5, 0.6) is 0 Å². The van der Waals surface area contributed by atoms with Crippen LogP contribution in [0.15, 0.2) is 11.3 Å². The monoisotopic (exact) mass is 386 g/mol. The molecule has 1 atom stereocenters. The Hall–Kier alpha value is -2.09. The molecule has 0 bridgehead atoms. The molecule has 0 aliphatic carbocycles. The van der Waals surface area contributed by atoms with Gasteiger partial charge < -0.3 is 19.9 Å². The van der Waals surface area contributed by atoms with Crippen LogP contribution >= 0.6 is 11.6 Å². The average Bonchev–Trinajstić information content (AvgIpc) is 2.88. The van der Waals surface area contributed by atoms with Gasteiger partial charge in [0.15, 0.2) is 5.15 Å². The third-order valence-electron chi connectivity index (χ3n) is 4.14. The van der Waals surface area contributed by atoms with E-state index in [4.69, 9.17) is 16.3 Å². The van der Waals surface area contributed by atoms with Gasteiger partial charge in [-0.05, 0) is 20.3 Å². The lowest BCUT2D eigenvalue weighted by molar-refractivity contribution is -0.139. The first kappa shape index (κ1) is 20.2. The largest absolute Gasteiger partial charge is 0.463 e. The lowest BCUT2D eigenvalue weighted by Gasteiger charge is -2.28. The molecule has 1 aliphatic rings. The van der Waals surface area contributed by atoms with Crippen molar-refractivity contribution in [2.24, 2.45) is 0 Å². The second-order valence-electron chi connectivity index (χ2n) is 5.94. The molecule has 1 unspecified atom stereocenters. The molecule has 2 amide bonds. The lowest BCUT2D eigenvalue weighted by Crippen LogP contribution is -2.46. The number of amides is 2. The van der Waals surface area contributed by atoms with Crippen molar-refractivity contribution in [3.8, 4) is 0 Å². The molecule has 26 heavy (non-hydrogen) atoms. The van der Waals surface area contributed by atoms with Crippen molar-refractivity contribution in [1.29, 1.82) is 0 Å². The van der Waals surface area contributed by atoms with Crippen molar-refractivity contribution in [2.75, 3.05) is 13.3 Å². The fourth-order valence-electron chi connectivity index (χ4n) is 2.99. The fourth-order valence-corrected chi connectivity index (χ4v) is 3.30. The molecule has 2 N–H and O–H groups in total. The second-order valence-corrected chi connectivity index (χ2v) is 6.30. The van der Waals surface area contributed by atoms with Crippen LogP contribution in [0.1, 0.15) is 51.2 Å². The van der Waals surface area contributed by atoms with Gasteiger partial charge in [-0.15, -0.1) is 0 Å². The molecule has 0 saturated carbocycles. The molecular formula is C17H24ClFN4O3. The molecule has 1 aromatic rings. The van der Waals surface area contributed by atoms with E-state index in [1.807, 2.05) is 6.92 Å². The Balaban J connectivity index is 2.55. The molecule has 1 aliphatic heterocycles. The molecule has 0 fully saturated rings. The lowest BCUT2D eigenvalue weighted by atomic mass is 10.00. The molecule has 9 heteroatoms.